The highest BCUT2D eigenvalue weighted by molar-refractivity contribution is 7.45. The van der Waals surface area contributed by atoms with Crippen LogP contribution >= 0.6 is 7.82 Å². The zero-order valence-corrected chi connectivity index (χ0v) is 30.9. The number of nitrogens with one attached hydrogen (secondary N) is 1. The van der Waals surface area contributed by atoms with Gasteiger partial charge in [-0.1, -0.05) is 120 Å². The van der Waals surface area contributed by atoms with Gasteiger partial charge in [0.2, 0.25) is 5.91 Å². The van der Waals surface area contributed by atoms with E-state index in [-0.39, 0.29) is 12.5 Å². The van der Waals surface area contributed by atoms with Crippen LogP contribution in [-0.2, 0) is 18.4 Å². The summed E-state index contributed by atoms with van der Waals surface area (Å²) in [5.74, 6) is -0.226. The molecule has 0 aromatic carbocycles. The van der Waals surface area contributed by atoms with Crippen molar-refractivity contribution in [3.63, 3.8) is 0 Å². The Morgan fingerprint density at radius 1 is 0.761 bits per heavy atom. The molecule has 0 aliphatic heterocycles. The Morgan fingerprint density at radius 3 is 1.87 bits per heavy atom. The zero-order valence-electron chi connectivity index (χ0n) is 30.0. The van der Waals surface area contributed by atoms with Crippen LogP contribution in [0.15, 0.2) is 48.6 Å². The molecule has 8 nitrogen and oxygen atoms in total. The number of unbranched alkanes of at least 4 members (excludes halogenated alkanes) is 12. The number of carbonyl (C=O) groups is 1. The fourth-order valence-corrected chi connectivity index (χ4v) is 5.30. The lowest BCUT2D eigenvalue weighted by atomic mass is 10.1. The Morgan fingerprint density at radius 2 is 1.30 bits per heavy atom. The Labute approximate surface area is 282 Å². The molecular weight excluding hydrogens is 599 g/mol. The highest BCUT2D eigenvalue weighted by Gasteiger charge is 2.23. The topological polar surface area (TPSA) is 108 Å². The molecule has 3 atom stereocenters. The van der Waals surface area contributed by atoms with Gasteiger partial charge in [-0.3, -0.25) is 9.36 Å². The van der Waals surface area contributed by atoms with Crippen molar-refractivity contribution in [3.8, 4) is 0 Å². The minimum atomic E-state index is -4.56. The van der Waals surface area contributed by atoms with Crippen molar-refractivity contribution in [2.75, 3.05) is 40.9 Å². The Bertz CT molecular complexity index is 897. The summed E-state index contributed by atoms with van der Waals surface area (Å²) >= 11 is 0. The van der Waals surface area contributed by atoms with E-state index in [4.69, 9.17) is 9.05 Å². The minimum Gasteiger partial charge on any atom is -0.756 e. The molecule has 0 saturated heterocycles. The molecule has 0 saturated carbocycles. The van der Waals surface area contributed by atoms with Crippen LogP contribution in [0.3, 0.4) is 0 Å². The third-order valence-corrected chi connectivity index (χ3v) is 8.48. The lowest BCUT2D eigenvalue weighted by Gasteiger charge is -2.29. The van der Waals surface area contributed by atoms with E-state index in [1.807, 2.05) is 34.1 Å². The molecular formula is C37H69N2O6P. The smallest absolute Gasteiger partial charge is 0.268 e. The normalized spacial score (nSPS) is 15.4. The highest BCUT2D eigenvalue weighted by Crippen LogP contribution is 2.38. The molecule has 3 unspecified atom stereocenters. The van der Waals surface area contributed by atoms with E-state index < -0.39 is 26.6 Å². The molecule has 46 heavy (non-hydrogen) atoms. The molecule has 0 radical (unpaired) electrons. The van der Waals surface area contributed by atoms with E-state index in [1.165, 1.54) is 51.4 Å². The summed E-state index contributed by atoms with van der Waals surface area (Å²) in [6, 6.07) is -0.889. The first-order valence-electron chi connectivity index (χ1n) is 18.0. The van der Waals surface area contributed by atoms with Crippen LogP contribution < -0.4 is 10.2 Å². The Hall–Kier alpha value is -1.54. The molecule has 0 aromatic heterocycles. The number of allylic oxidation sites excluding steroid dienone is 7. The highest BCUT2D eigenvalue weighted by atomic mass is 31.2. The number of quaternary nitrogens is 1. The van der Waals surface area contributed by atoms with E-state index >= 15 is 0 Å². The fraction of sp³-hybridized carbons (Fsp3) is 0.757. The summed E-state index contributed by atoms with van der Waals surface area (Å²) < 4.78 is 22.8. The lowest BCUT2D eigenvalue weighted by molar-refractivity contribution is -0.870. The average Bonchev–Trinajstić information content (AvgIpc) is 2.99. The number of hydrogen-bond acceptors (Lipinski definition) is 6. The first-order valence-corrected chi connectivity index (χ1v) is 19.5. The molecule has 268 valence electrons. The number of rotatable bonds is 31. The van der Waals surface area contributed by atoms with Crippen LogP contribution in [0.1, 0.15) is 129 Å². The number of carbonyl (C=O) groups excluding carboxylic acids is 1. The number of nitrogens with zero attached hydrogens (tertiary/aromatic N) is 1. The van der Waals surface area contributed by atoms with Gasteiger partial charge in [-0.2, -0.15) is 0 Å². The van der Waals surface area contributed by atoms with Crippen molar-refractivity contribution in [1.82, 2.24) is 5.32 Å². The van der Waals surface area contributed by atoms with Crippen molar-refractivity contribution in [3.05, 3.63) is 48.6 Å². The van der Waals surface area contributed by atoms with Gasteiger partial charge in [-0.05, 0) is 51.4 Å². The lowest BCUT2D eigenvalue weighted by Crippen LogP contribution is -2.45. The Kier molecular flexibility index (Phi) is 28.6. The van der Waals surface area contributed by atoms with Crippen LogP contribution in [0.25, 0.3) is 0 Å². The quantitative estimate of drug-likeness (QED) is 0.0333. The number of phosphoric ester groups is 1. The van der Waals surface area contributed by atoms with E-state index in [2.05, 4.69) is 48.7 Å². The van der Waals surface area contributed by atoms with Crippen molar-refractivity contribution in [2.24, 2.45) is 0 Å². The number of aliphatic hydroxyl groups is 1. The van der Waals surface area contributed by atoms with Gasteiger partial charge in [0.05, 0.1) is 39.9 Å². The maximum Gasteiger partial charge on any atom is 0.268 e. The molecule has 0 rings (SSSR count). The first-order chi connectivity index (χ1) is 22.0. The van der Waals surface area contributed by atoms with E-state index in [1.54, 1.807) is 6.08 Å². The van der Waals surface area contributed by atoms with Crippen LogP contribution in [0.2, 0.25) is 0 Å². The maximum absolute atomic E-state index is 12.6. The first kappa shape index (κ1) is 44.5. The molecule has 0 heterocycles. The van der Waals surface area contributed by atoms with Gasteiger partial charge in [0, 0.05) is 6.42 Å². The molecule has 0 aliphatic carbocycles. The SMILES string of the molecule is CCC/C=C/C(O)C(COP(=O)([O-])OCC[N+](C)(C)C)NC(=O)CCCCCCCC/C=C\C/C=C\C/C=C\CCCCCCC. The summed E-state index contributed by atoms with van der Waals surface area (Å²) in [5.41, 5.74) is 0. The van der Waals surface area contributed by atoms with E-state index in [0.717, 1.165) is 57.8 Å². The largest absolute Gasteiger partial charge is 0.756 e. The van der Waals surface area contributed by atoms with Crippen LogP contribution in [0.4, 0.5) is 0 Å². The molecule has 0 fully saturated rings. The number of likely N-dealkylation sites (N-methyl/N-ethyl adjacent to an activating group) is 1. The van der Waals surface area contributed by atoms with Gasteiger partial charge in [0.15, 0.2) is 0 Å². The van der Waals surface area contributed by atoms with Crippen molar-refractivity contribution in [1.29, 1.82) is 0 Å². The molecule has 2 N–H and O–H groups in total. The third-order valence-electron chi connectivity index (χ3n) is 7.51. The second-order valence-electron chi connectivity index (χ2n) is 13.2. The van der Waals surface area contributed by atoms with Gasteiger partial charge < -0.3 is 28.8 Å². The Balaban J connectivity index is 4.14. The standard InChI is InChI=1S/C37H69N2O6P/c1-6-8-10-11-12-13-14-15-16-17-18-19-20-21-22-23-24-25-26-27-29-31-37(41)38-35(36(40)30-28-9-7-2)34-45-46(42,43)44-33-32-39(3,4)5/h14-15,17-18,20-21,28,30,35-36,40H,6-13,16,19,22-27,29,31-34H2,1-5H3,(H-,38,41,42,43)/b15-14-,18-17-,21-20-,30-28+. The summed E-state index contributed by atoms with van der Waals surface area (Å²) in [4.78, 5) is 24.8. The summed E-state index contributed by atoms with van der Waals surface area (Å²) in [7, 11) is 1.23. The molecule has 0 aromatic rings. The second kappa shape index (κ2) is 29.6. The minimum absolute atomic E-state index is 0.00773. The zero-order chi connectivity index (χ0) is 34.4. The number of aliphatic hydroxyl groups excluding tert-OH is 1. The van der Waals surface area contributed by atoms with Gasteiger partial charge in [0.1, 0.15) is 13.2 Å². The number of hydrogen-bond donors (Lipinski definition) is 2. The molecule has 1 amide bonds. The third kappa shape index (κ3) is 31.1. The van der Waals surface area contributed by atoms with Crippen LogP contribution in [0, 0.1) is 0 Å². The average molecular weight is 669 g/mol. The monoisotopic (exact) mass is 668 g/mol. The van der Waals surface area contributed by atoms with Gasteiger partial charge in [0.25, 0.3) is 7.82 Å². The van der Waals surface area contributed by atoms with Gasteiger partial charge >= 0.3 is 0 Å². The van der Waals surface area contributed by atoms with Gasteiger partial charge in [-0.25, -0.2) is 0 Å². The van der Waals surface area contributed by atoms with Crippen molar-refractivity contribution < 1.29 is 32.9 Å². The second-order valence-corrected chi connectivity index (χ2v) is 14.6. The van der Waals surface area contributed by atoms with E-state index in [0.29, 0.717) is 17.4 Å². The summed E-state index contributed by atoms with van der Waals surface area (Å²) in [6.07, 6.45) is 35.2. The molecule has 0 bridgehead atoms. The number of amides is 1. The van der Waals surface area contributed by atoms with Crippen molar-refractivity contribution >= 4 is 13.7 Å². The van der Waals surface area contributed by atoms with E-state index in [9.17, 15) is 19.4 Å². The molecule has 0 aliphatic rings. The van der Waals surface area contributed by atoms with Gasteiger partial charge in [-0.15, -0.1) is 0 Å². The fourth-order valence-electron chi connectivity index (χ4n) is 4.57. The van der Waals surface area contributed by atoms with Crippen molar-refractivity contribution in [2.45, 2.75) is 142 Å². The summed E-state index contributed by atoms with van der Waals surface area (Å²) in [6.45, 7) is 4.37. The maximum atomic E-state index is 12.6. The predicted octanol–water partition coefficient (Wildman–Crippen LogP) is 8.33. The predicted molar refractivity (Wildman–Crippen MR) is 191 cm³/mol. The molecule has 0 spiro atoms. The number of phosphoric acid groups is 1. The van der Waals surface area contributed by atoms with Crippen LogP contribution in [0.5, 0.6) is 0 Å². The molecule has 9 heteroatoms. The summed E-state index contributed by atoms with van der Waals surface area (Å²) in [5, 5.41) is 13.3. The van der Waals surface area contributed by atoms with Crippen LogP contribution in [-0.4, -0.2) is 68.5 Å².